The van der Waals surface area contributed by atoms with Crippen LogP contribution in [0.1, 0.15) is 28.1 Å². The minimum atomic E-state index is -0.680. The minimum absolute atomic E-state index is 0.155. The summed E-state index contributed by atoms with van der Waals surface area (Å²) in [6.07, 6.45) is 3.82. The van der Waals surface area contributed by atoms with Crippen LogP contribution in [-0.4, -0.2) is 29.9 Å². The molecule has 0 saturated heterocycles. The average molecular weight is 364 g/mol. The van der Waals surface area contributed by atoms with Crippen LogP contribution in [0.25, 0.3) is 0 Å². The van der Waals surface area contributed by atoms with E-state index in [1.807, 2.05) is 6.26 Å². The Labute approximate surface area is 150 Å². The Morgan fingerprint density at radius 1 is 1.32 bits per heavy atom. The number of carbonyl (C=O) groups excluding carboxylic acids is 2. The van der Waals surface area contributed by atoms with Crippen LogP contribution < -0.4 is 10.6 Å². The number of aryl methyl sites for hydroxylation is 1. The van der Waals surface area contributed by atoms with E-state index in [1.165, 1.54) is 18.4 Å². The van der Waals surface area contributed by atoms with Gasteiger partial charge in [-0.25, -0.2) is 4.39 Å². The largest absolute Gasteiger partial charge is 0.459 e. The molecule has 0 aliphatic carbocycles. The van der Waals surface area contributed by atoms with Gasteiger partial charge in [-0.1, -0.05) is 12.1 Å². The Morgan fingerprint density at radius 3 is 2.76 bits per heavy atom. The number of amides is 2. The molecule has 134 valence electrons. The summed E-state index contributed by atoms with van der Waals surface area (Å²) in [5.41, 5.74) is 1.22. The summed E-state index contributed by atoms with van der Waals surface area (Å²) in [5.74, 6) is -0.183. The Kier molecular flexibility index (Phi) is 7.06. The molecule has 25 heavy (non-hydrogen) atoms. The van der Waals surface area contributed by atoms with Gasteiger partial charge in [-0.3, -0.25) is 9.59 Å². The third-order valence-corrected chi connectivity index (χ3v) is 4.32. The number of carbonyl (C=O) groups is 2. The summed E-state index contributed by atoms with van der Waals surface area (Å²) in [7, 11) is 0. The zero-order valence-electron chi connectivity index (χ0n) is 14.2. The lowest BCUT2D eigenvalue weighted by molar-refractivity contribution is -0.123. The first-order valence-electron chi connectivity index (χ1n) is 7.87. The van der Waals surface area contributed by atoms with Crippen LogP contribution in [0.4, 0.5) is 4.39 Å². The summed E-state index contributed by atoms with van der Waals surface area (Å²) in [6.45, 7) is 1.88. The Hall–Kier alpha value is -2.28. The molecule has 2 rings (SSSR count). The van der Waals surface area contributed by atoms with Gasteiger partial charge in [-0.2, -0.15) is 11.8 Å². The Bertz CT molecular complexity index is 719. The quantitative estimate of drug-likeness (QED) is 0.756. The molecular formula is C18H21FN2O3S. The van der Waals surface area contributed by atoms with Crippen molar-refractivity contribution in [3.05, 3.63) is 59.3 Å². The minimum Gasteiger partial charge on any atom is -0.459 e. The van der Waals surface area contributed by atoms with E-state index in [9.17, 15) is 14.0 Å². The molecule has 1 heterocycles. The lowest BCUT2D eigenvalue weighted by Crippen LogP contribution is -2.46. The molecule has 0 spiro atoms. The lowest BCUT2D eigenvalue weighted by Gasteiger charge is -2.17. The van der Waals surface area contributed by atoms with E-state index < -0.39 is 11.9 Å². The summed E-state index contributed by atoms with van der Waals surface area (Å²) < 4.78 is 18.6. The van der Waals surface area contributed by atoms with Crippen LogP contribution >= 0.6 is 11.8 Å². The highest BCUT2D eigenvalue weighted by Gasteiger charge is 2.22. The zero-order chi connectivity index (χ0) is 18.2. The average Bonchev–Trinajstić information content (AvgIpc) is 3.14. The van der Waals surface area contributed by atoms with Gasteiger partial charge in [-0.15, -0.1) is 0 Å². The molecule has 1 aromatic heterocycles. The van der Waals surface area contributed by atoms with E-state index >= 15 is 0 Å². The van der Waals surface area contributed by atoms with Crippen LogP contribution in [0.5, 0.6) is 0 Å². The predicted molar refractivity (Wildman–Crippen MR) is 95.9 cm³/mol. The van der Waals surface area contributed by atoms with Gasteiger partial charge in [-0.05, 0) is 54.7 Å². The molecule has 2 aromatic rings. The van der Waals surface area contributed by atoms with Gasteiger partial charge >= 0.3 is 0 Å². The monoisotopic (exact) mass is 364 g/mol. The maximum absolute atomic E-state index is 13.6. The van der Waals surface area contributed by atoms with E-state index in [1.54, 1.807) is 36.9 Å². The van der Waals surface area contributed by atoms with E-state index in [0.717, 1.165) is 5.75 Å². The molecule has 1 unspecified atom stereocenters. The molecule has 1 aromatic carbocycles. The van der Waals surface area contributed by atoms with Crippen LogP contribution in [-0.2, 0) is 11.3 Å². The van der Waals surface area contributed by atoms with Crippen molar-refractivity contribution in [1.82, 2.24) is 10.6 Å². The Morgan fingerprint density at radius 2 is 2.12 bits per heavy atom. The molecule has 5 nitrogen and oxygen atoms in total. The molecule has 0 saturated carbocycles. The fraction of sp³-hybridized carbons (Fsp3) is 0.333. The number of hydrogen-bond donors (Lipinski definition) is 2. The van der Waals surface area contributed by atoms with Crippen molar-refractivity contribution in [3.8, 4) is 0 Å². The molecule has 0 radical (unpaired) electrons. The standard InChI is InChI=1S/C18H21FN2O3S/c1-12-5-6-13(10-14(12)19)11-20-17(22)15(7-9-25-2)21-18(23)16-4-3-8-24-16/h3-6,8,10,15H,7,9,11H2,1-2H3,(H,20,22)(H,21,23). The second kappa shape index (κ2) is 9.27. The second-order valence-corrected chi connectivity index (χ2v) is 6.57. The van der Waals surface area contributed by atoms with Crippen molar-refractivity contribution in [2.45, 2.75) is 25.9 Å². The number of rotatable bonds is 8. The number of furan rings is 1. The predicted octanol–water partition coefficient (Wildman–Crippen LogP) is 2.90. The van der Waals surface area contributed by atoms with E-state index in [4.69, 9.17) is 4.42 Å². The summed E-state index contributed by atoms with van der Waals surface area (Å²) in [6, 6.07) is 7.29. The topological polar surface area (TPSA) is 71.3 Å². The first-order chi connectivity index (χ1) is 12.0. The molecule has 1 atom stereocenters. The molecule has 7 heteroatoms. The van der Waals surface area contributed by atoms with Crippen molar-refractivity contribution in [2.75, 3.05) is 12.0 Å². The fourth-order valence-electron chi connectivity index (χ4n) is 2.20. The van der Waals surface area contributed by atoms with Gasteiger partial charge in [0.2, 0.25) is 5.91 Å². The number of benzene rings is 1. The molecular weight excluding hydrogens is 343 g/mol. The maximum atomic E-state index is 13.6. The second-order valence-electron chi connectivity index (χ2n) is 5.59. The Balaban J connectivity index is 1.97. The van der Waals surface area contributed by atoms with Crippen LogP contribution in [0.3, 0.4) is 0 Å². The first-order valence-corrected chi connectivity index (χ1v) is 9.26. The van der Waals surface area contributed by atoms with Crippen molar-refractivity contribution >= 4 is 23.6 Å². The number of nitrogens with one attached hydrogen (secondary N) is 2. The van der Waals surface area contributed by atoms with Crippen molar-refractivity contribution in [2.24, 2.45) is 0 Å². The normalized spacial score (nSPS) is 11.8. The molecule has 0 aliphatic rings. The van der Waals surface area contributed by atoms with Crippen molar-refractivity contribution in [3.63, 3.8) is 0 Å². The third kappa shape index (κ3) is 5.63. The summed E-state index contributed by atoms with van der Waals surface area (Å²) in [4.78, 5) is 24.5. The molecule has 2 amide bonds. The highest BCUT2D eigenvalue weighted by Crippen LogP contribution is 2.10. The van der Waals surface area contributed by atoms with E-state index in [-0.39, 0.29) is 24.0 Å². The summed E-state index contributed by atoms with van der Waals surface area (Å²) >= 11 is 1.59. The van der Waals surface area contributed by atoms with Gasteiger partial charge in [0.05, 0.1) is 6.26 Å². The smallest absolute Gasteiger partial charge is 0.287 e. The number of hydrogen-bond acceptors (Lipinski definition) is 4. The van der Waals surface area contributed by atoms with E-state index in [2.05, 4.69) is 10.6 Å². The molecule has 2 N–H and O–H groups in total. The first kappa shape index (κ1) is 19.1. The van der Waals surface area contributed by atoms with Crippen LogP contribution in [0, 0.1) is 12.7 Å². The highest BCUT2D eigenvalue weighted by atomic mass is 32.2. The van der Waals surface area contributed by atoms with E-state index in [0.29, 0.717) is 17.5 Å². The van der Waals surface area contributed by atoms with Gasteiger partial charge in [0.15, 0.2) is 5.76 Å². The molecule has 0 aliphatic heterocycles. The van der Waals surface area contributed by atoms with Crippen LogP contribution in [0.15, 0.2) is 41.0 Å². The van der Waals surface area contributed by atoms with Gasteiger partial charge in [0, 0.05) is 6.54 Å². The molecule has 0 bridgehead atoms. The SMILES string of the molecule is CSCCC(NC(=O)c1ccco1)C(=O)NCc1ccc(C)c(F)c1. The lowest BCUT2D eigenvalue weighted by atomic mass is 10.1. The fourth-order valence-corrected chi connectivity index (χ4v) is 2.67. The van der Waals surface area contributed by atoms with Crippen molar-refractivity contribution in [1.29, 1.82) is 0 Å². The van der Waals surface area contributed by atoms with Gasteiger partial charge < -0.3 is 15.1 Å². The summed E-state index contributed by atoms with van der Waals surface area (Å²) in [5, 5.41) is 5.42. The van der Waals surface area contributed by atoms with Gasteiger partial charge in [0.1, 0.15) is 11.9 Å². The number of halogens is 1. The highest BCUT2D eigenvalue weighted by molar-refractivity contribution is 7.98. The van der Waals surface area contributed by atoms with Gasteiger partial charge in [0.25, 0.3) is 5.91 Å². The zero-order valence-corrected chi connectivity index (χ0v) is 15.0. The third-order valence-electron chi connectivity index (χ3n) is 3.68. The van der Waals surface area contributed by atoms with Crippen molar-refractivity contribution < 1.29 is 18.4 Å². The molecule has 0 fully saturated rings. The number of thioether (sulfide) groups is 1. The maximum Gasteiger partial charge on any atom is 0.287 e. The van der Waals surface area contributed by atoms with Crippen LogP contribution in [0.2, 0.25) is 0 Å².